The number of rotatable bonds is 4. The summed E-state index contributed by atoms with van der Waals surface area (Å²) in [6, 6.07) is 0. The maximum Gasteiger partial charge on any atom is 0.202 e. The zero-order valence-electron chi connectivity index (χ0n) is 10.3. The van der Waals surface area contributed by atoms with E-state index < -0.39 is 0 Å². The second-order valence-electron chi connectivity index (χ2n) is 5.28. The van der Waals surface area contributed by atoms with Crippen molar-refractivity contribution in [3.63, 3.8) is 0 Å². The maximum atomic E-state index is 4.47. The Hall–Kier alpha value is -0.640. The number of aromatic nitrogens is 2. The Morgan fingerprint density at radius 1 is 1.33 bits per heavy atom. The van der Waals surface area contributed by atoms with Gasteiger partial charge in [0.25, 0.3) is 0 Å². The van der Waals surface area contributed by atoms with E-state index in [0.29, 0.717) is 0 Å². The SMILES string of the molecule is CC(C)CCNc1nc(C(C)(C)C)ns1. The smallest absolute Gasteiger partial charge is 0.202 e. The molecule has 3 nitrogen and oxygen atoms in total. The molecule has 15 heavy (non-hydrogen) atoms. The second kappa shape index (κ2) is 4.92. The highest BCUT2D eigenvalue weighted by Gasteiger charge is 2.19. The third kappa shape index (κ3) is 4.16. The highest BCUT2D eigenvalue weighted by Crippen LogP contribution is 2.22. The molecule has 4 heteroatoms. The number of anilines is 1. The Morgan fingerprint density at radius 2 is 2.00 bits per heavy atom. The lowest BCUT2D eigenvalue weighted by Gasteiger charge is -2.12. The van der Waals surface area contributed by atoms with Crippen LogP contribution in [0.5, 0.6) is 0 Å². The molecule has 0 aliphatic carbocycles. The summed E-state index contributed by atoms with van der Waals surface area (Å²) in [6.45, 7) is 11.8. The van der Waals surface area contributed by atoms with E-state index in [1.165, 1.54) is 18.0 Å². The standard InChI is InChI=1S/C11H21N3S/c1-8(2)6-7-12-10-13-9(14-15-10)11(3,4)5/h8H,6-7H2,1-5H3,(H,12,13,14). The quantitative estimate of drug-likeness (QED) is 0.857. The van der Waals surface area contributed by atoms with Gasteiger partial charge >= 0.3 is 0 Å². The Kier molecular flexibility index (Phi) is 4.08. The van der Waals surface area contributed by atoms with Crippen LogP contribution in [-0.4, -0.2) is 15.9 Å². The minimum absolute atomic E-state index is 0.0501. The molecule has 0 aliphatic heterocycles. The zero-order chi connectivity index (χ0) is 11.5. The summed E-state index contributed by atoms with van der Waals surface area (Å²) in [5.41, 5.74) is 0.0501. The molecule has 0 aliphatic rings. The largest absolute Gasteiger partial charge is 0.360 e. The molecule has 0 radical (unpaired) electrons. The number of hydrogen-bond donors (Lipinski definition) is 1. The fourth-order valence-electron chi connectivity index (χ4n) is 1.07. The van der Waals surface area contributed by atoms with Gasteiger partial charge in [-0.2, -0.15) is 4.37 Å². The number of nitrogens with one attached hydrogen (secondary N) is 1. The average molecular weight is 227 g/mol. The van der Waals surface area contributed by atoms with E-state index in [2.05, 4.69) is 49.3 Å². The predicted molar refractivity (Wildman–Crippen MR) is 66.6 cm³/mol. The molecule has 0 aromatic carbocycles. The minimum Gasteiger partial charge on any atom is -0.360 e. The summed E-state index contributed by atoms with van der Waals surface area (Å²) in [5, 5.41) is 4.26. The van der Waals surface area contributed by atoms with Crippen molar-refractivity contribution < 1.29 is 0 Å². The van der Waals surface area contributed by atoms with Gasteiger partial charge in [0.15, 0.2) is 0 Å². The minimum atomic E-state index is 0.0501. The van der Waals surface area contributed by atoms with Crippen LogP contribution in [0.4, 0.5) is 5.13 Å². The molecule has 0 amide bonds. The first kappa shape index (κ1) is 12.4. The third-order valence-electron chi connectivity index (χ3n) is 2.09. The average Bonchev–Trinajstić information content (AvgIpc) is 2.51. The van der Waals surface area contributed by atoms with Crippen LogP contribution in [0.1, 0.15) is 46.9 Å². The summed E-state index contributed by atoms with van der Waals surface area (Å²) in [5.74, 6) is 1.66. The van der Waals surface area contributed by atoms with Gasteiger partial charge in [0.2, 0.25) is 5.13 Å². The van der Waals surface area contributed by atoms with Gasteiger partial charge in [-0.15, -0.1) is 0 Å². The van der Waals surface area contributed by atoms with Crippen LogP contribution < -0.4 is 5.32 Å². The van der Waals surface area contributed by atoms with E-state index in [9.17, 15) is 0 Å². The van der Waals surface area contributed by atoms with Gasteiger partial charge in [-0.1, -0.05) is 34.6 Å². The molecule has 0 unspecified atom stereocenters. The van der Waals surface area contributed by atoms with Crippen molar-refractivity contribution in [2.45, 2.75) is 46.5 Å². The summed E-state index contributed by atoms with van der Waals surface area (Å²) < 4.78 is 4.35. The van der Waals surface area contributed by atoms with Gasteiger partial charge in [0.1, 0.15) is 5.82 Å². The third-order valence-corrected chi connectivity index (χ3v) is 2.77. The fraction of sp³-hybridized carbons (Fsp3) is 0.818. The van der Waals surface area contributed by atoms with E-state index in [1.807, 2.05) is 0 Å². The Morgan fingerprint density at radius 3 is 2.47 bits per heavy atom. The summed E-state index contributed by atoms with van der Waals surface area (Å²) in [4.78, 5) is 4.47. The first-order valence-electron chi connectivity index (χ1n) is 5.47. The second-order valence-corrected chi connectivity index (χ2v) is 6.03. The molecular formula is C11H21N3S. The Labute approximate surface area is 96.5 Å². The molecule has 1 N–H and O–H groups in total. The lowest BCUT2D eigenvalue weighted by atomic mass is 9.96. The van der Waals surface area contributed by atoms with Crippen LogP contribution in [0.3, 0.4) is 0 Å². The molecule has 1 aromatic heterocycles. The fourth-order valence-corrected chi connectivity index (χ4v) is 1.85. The highest BCUT2D eigenvalue weighted by molar-refractivity contribution is 7.09. The van der Waals surface area contributed by atoms with Gasteiger partial charge in [0, 0.05) is 23.5 Å². The molecule has 0 spiro atoms. The van der Waals surface area contributed by atoms with Crippen molar-refractivity contribution in [1.82, 2.24) is 9.36 Å². The van der Waals surface area contributed by atoms with Gasteiger partial charge < -0.3 is 5.32 Å². The maximum absolute atomic E-state index is 4.47. The number of hydrogen-bond acceptors (Lipinski definition) is 4. The van der Waals surface area contributed by atoms with E-state index >= 15 is 0 Å². The van der Waals surface area contributed by atoms with Crippen molar-refractivity contribution in [2.75, 3.05) is 11.9 Å². The summed E-state index contributed by atoms with van der Waals surface area (Å²) in [7, 11) is 0. The molecule has 0 atom stereocenters. The van der Waals surface area contributed by atoms with Crippen LogP contribution in [0.2, 0.25) is 0 Å². The monoisotopic (exact) mass is 227 g/mol. The van der Waals surface area contributed by atoms with Crippen molar-refractivity contribution in [2.24, 2.45) is 5.92 Å². The van der Waals surface area contributed by atoms with Gasteiger partial charge in [-0.3, -0.25) is 0 Å². The van der Waals surface area contributed by atoms with Crippen LogP contribution >= 0.6 is 11.5 Å². The van der Waals surface area contributed by atoms with Crippen molar-refractivity contribution >= 4 is 16.7 Å². The molecule has 1 aromatic rings. The van der Waals surface area contributed by atoms with Crippen molar-refractivity contribution in [3.8, 4) is 0 Å². The first-order valence-corrected chi connectivity index (χ1v) is 6.25. The first-order chi connectivity index (χ1) is 6.89. The van der Waals surface area contributed by atoms with E-state index in [0.717, 1.165) is 23.4 Å². The van der Waals surface area contributed by atoms with Gasteiger partial charge in [-0.05, 0) is 12.3 Å². The van der Waals surface area contributed by atoms with Crippen LogP contribution in [0.25, 0.3) is 0 Å². The van der Waals surface area contributed by atoms with Gasteiger partial charge in [0.05, 0.1) is 0 Å². The van der Waals surface area contributed by atoms with E-state index in [4.69, 9.17) is 0 Å². The van der Waals surface area contributed by atoms with Crippen LogP contribution in [-0.2, 0) is 5.41 Å². The van der Waals surface area contributed by atoms with Crippen LogP contribution in [0, 0.1) is 5.92 Å². The zero-order valence-corrected chi connectivity index (χ0v) is 11.1. The molecule has 0 saturated heterocycles. The molecule has 1 rings (SSSR count). The molecule has 1 heterocycles. The van der Waals surface area contributed by atoms with Gasteiger partial charge in [-0.25, -0.2) is 4.98 Å². The predicted octanol–water partition coefficient (Wildman–Crippen LogP) is 3.29. The summed E-state index contributed by atoms with van der Waals surface area (Å²) >= 11 is 1.46. The van der Waals surface area contributed by atoms with Crippen molar-refractivity contribution in [1.29, 1.82) is 0 Å². The Balaban J connectivity index is 2.47. The highest BCUT2D eigenvalue weighted by atomic mass is 32.1. The molecule has 0 bridgehead atoms. The van der Waals surface area contributed by atoms with E-state index in [-0.39, 0.29) is 5.41 Å². The topological polar surface area (TPSA) is 37.8 Å². The molecule has 0 saturated carbocycles. The summed E-state index contributed by atoms with van der Waals surface area (Å²) in [6.07, 6.45) is 1.17. The van der Waals surface area contributed by atoms with Crippen LogP contribution in [0.15, 0.2) is 0 Å². The lowest BCUT2D eigenvalue weighted by Crippen LogP contribution is -2.13. The van der Waals surface area contributed by atoms with E-state index in [1.54, 1.807) is 0 Å². The van der Waals surface area contributed by atoms with Crippen molar-refractivity contribution in [3.05, 3.63) is 5.82 Å². The molecule has 0 fully saturated rings. The normalized spacial score (nSPS) is 12.1. The Bertz CT molecular complexity index is 299. The number of nitrogens with zero attached hydrogens (tertiary/aromatic N) is 2. The lowest BCUT2D eigenvalue weighted by molar-refractivity contribution is 0.554. The molecule has 86 valence electrons. The molecular weight excluding hydrogens is 206 g/mol.